The molecule has 0 spiro atoms. The van der Waals surface area contributed by atoms with Gasteiger partial charge in [0.25, 0.3) is 0 Å². The molecule has 7 nitrogen and oxygen atoms in total. The van der Waals surface area contributed by atoms with Crippen molar-refractivity contribution in [2.45, 2.75) is 0 Å². The van der Waals surface area contributed by atoms with E-state index in [1.807, 2.05) is 36.4 Å². The van der Waals surface area contributed by atoms with Gasteiger partial charge in [0.1, 0.15) is 5.75 Å². The first-order valence-corrected chi connectivity index (χ1v) is 9.89. The lowest BCUT2D eigenvalue weighted by Gasteiger charge is -2.07. The smallest absolute Gasteiger partial charge is 0.185 e. The second-order valence-corrected chi connectivity index (χ2v) is 7.34. The first-order valence-electron chi connectivity index (χ1n) is 9.51. The minimum atomic E-state index is 0.253. The van der Waals surface area contributed by atoms with Crippen molar-refractivity contribution in [1.29, 1.82) is 0 Å². The maximum atomic E-state index is 6.15. The van der Waals surface area contributed by atoms with E-state index in [0.717, 1.165) is 27.8 Å². The van der Waals surface area contributed by atoms with Crippen LogP contribution >= 0.6 is 11.6 Å². The monoisotopic (exact) mass is 428 g/mol. The molecular formula is C23H17ClN6O. The van der Waals surface area contributed by atoms with Crippen molar-refractivity contribution < 1.29 is 4.74 Å². The van der Waals surface area contributed by atoms with E-state index >= 15 is 0 Å². The first kappa shape index (κ1) is 19.0. The van der Waals surface area contributed by atoms with Gasteiger partial charge in [-0.3, -0.25) is 0 Å². The molecule has 0 saturated carbocycles. The van der Waals surface area contributed by atoms with Crippen molar-refractivity contribution in [3.8, 4) is 17.0 Å². The van der Waals surface area contributed by atoms with E-state index in [9.17, 15) is 0 Å². The van der Waals surface area contributed by atoms with E-state index in [-0.39, 0.29) is 5.82 Å². The van der Waals surface area contributed by atoms with Crippen LogP contribution in [0.1, 0.15) is 0 Å². The zero-order valence-electron chi connectivity index (χ0n) is 16.5. The number of halogens is 1. The molecule has 31 heavy (non-hydrogen) atoms. The molecule has 2 aromatic heterocycles. The number of methoxy groups -OCH3 is 1. The third-order valence-corrected chi connectivity index (χ3v) is 5.21. The summed E-state index contributed by atoms with van der Waals surface area (Å²) in [6, 6.07) is 21.1. The van der Waals surface area contributed by atoms with Crippen LogP contribution in [0.3, 0.4) is 0 Å². The molecule has 0 aliphatic carbocycles. The van der Waals surface area contributed by atoms with E-state index in [4.69, 9.17) is 22.1 Å². The van der Waals surface area contributed by atoms with Crippen LogP contribution in [0.15, 0.2) is 83.2 Å². The van der Waals surface area contributed by atoms with Gasteiger partial charge in [-0.1, -0.05) is 29.8 Å². The fraction of sp³-hybridized carbons (Fsp3) is 0.0435. The van der Waals surface area contributed by atoms with Gasteiger partial charge in [-0.25, -0.2) is 9.50 Å². The highest BCUT2D eigenvalue weighted by atomic mass is 35.5. The maximum absolute atomic E-state index is 6.15. The molecule has 0 saturated heterocycles. The van der Waals surface area contributed by atoms with Crippen LogP contribution in [-0.4, -0.2) is 21.7 Å². The fourth-order valence-electron chi connectivity index (χ4n) is 3.39. The van der Waals surface area contributed by atoms with Gasteiger partial charge in [0, 0.05) is 16.8 Å². The van der Waals surface area contributed by atoms with Crippen molar-refractivity contribution in [3.63, 3.8) is 0 Å². The van der Waals surface area contributed by atoms with Crippen molar-refractivity contribution in [2.24, 2.45) is 10.2 Å². The summed E-state index contributed by atoms with van der Waals surface area (Å²) in [6.45, 7) is 0. The summed E-state index contributed by atoms with van der Waals surface area (Å²) in [5, 5.41) is 15.8. The number of nitrogens with zero attached hydrogens (tertiary/aromatic N) is 5. The highest BCUT2D eigenvalue weighted by molar-refractivity contribution is 6.30. The van der Waals surface area contributed by atoms with Crippen LogP contribution < -0.4 is 10.5 Å². The summed E-state index contributed by atoms with van der Waals surface area (Å²) in [7, 11) is 1.66. The second-order valence-electron chi connectivity index (χ2n) is 6.90. The van der Waals surface area contributed by atoms with Gasteiger partial charge in [0.15, 0.2) is 17.2 Å². The standard InChI is InChI=1S/C23H17ClN6O/c1-31-19-9-4-14-12-16(3-2-15(14)13-19)20-10-11-26-23-21(22(25)29-30(20)23)28-27-18-7-5-17(24)6-8-18/h2-13H,1H3,(H2,25,29). The molecule has 0 aliphatic rings. The minimum Gasteiger partial charge on any atom is -0.497 e. The van der Waals surface area contributed by atoms with Crippen molar-refractivity contribution in [1.82, 2.24) is 14.6 Å². The third-order valence-electron chi connectivity index (χ3n) is 4.96. The molecule has 0 radical (unpaired) electrons. The van der Waals surface area contributed by atoms with E-state index in [2.05, 4.69) is 26.4 Å². The molecule has 5 aromatic rings. The number of benzene rings is 3. The van der Waals surface area contributed by atoms with E-state index in [1.165, 1.54) is 0 Å². The number of hydrogen-bond acceptors (Lipinski definition) is 6. The zero-order chi connectivity index (χ0) is 21.4. The number of nitrogens with two attached hydrogens (primary N) is 1. The van der Waals surface area contributed by atoms with Gasteiger partial charge < -0.3 is 10.5 Å². The highest BCUT2D eigenvalue weighted by Gasteiger charge is 2.15. The van der Waals surface area contributed by atoms with Crippen LogP contribution in [0.25, 0.3) is 27.7 Å². The molecule has 5 rings (SSSR count). The van der Waals surface area contributed by atoms with Crippen LogP contribution in [-0.2, 0) is 0 Å². The summed E-state index contributed by atoms with van der Waals surface area (Å²) in [6.07, 6.45) is 1.71. The number of nitrogen functional groups attached to an aromatic ring is 1. The van der Waals surface area contributed by atoms with Crippen molar-refractivity contribution in [2.75, 3.05) is 12.8 Å². The van der Waals surface area contributed by atoms with Gasteiger partial charge in [0.05, 0.1) is 18.5 Å². The van der Waals surface area contributed by atoms with Gasteiger partial charge in [-0.05, 0) is 59.3 Å². The number of azo groups is 1. The van der Waals surface area contributed by atoms with Gasteiger partial charge in [0.2, 0.25) is 0 Å². The number of aromatic nitrogens is 3. The Bertz CT molecular complexity index is 1440. The minimum absolute atomic E-state index is 0.253. The Labute approximate surface area is 182 Å². The molecule has 0 atom stereocenters. The summed E-state index contributed by atoms with van der Waals surface area (Å²) >= 11 is 5.92. The Morgan fingerprint density at radius 2 is 1.71 bits per heavy atom. The van der Waals surface area contributed by atoms with Crippen LogP contribution in [0.5, 0.6) is 5.75 Å². The lowest BCUT2D eigenvalue weighted by Crippen LogP contribution is -1.96. The quantitative estimate of drug-likeness (QED) is 0.344. The van der Waals surface area contributed by atoms with Crippen molar-refractivity contribution >= 4 is 45.2 Å². The molecule has 3 aromatic carbocycles. The molecule has 2 heterocycles. The molecule has 8 heteroatoms. The highest BCUT2D eigenvalue weighted by Crippen LogP contribution is 2.32. The number of hydrogen-bond donors (Lipinski definition) is 1. The molecule has 2 N–H and O–H groups in total. The van der Waals surface area contributed by atoms with Gasteiger partial charge >= 0.3 is 0 Å². The summed E-state index contributed by atoms with van der Waals surface area (Å²) in [4.78, 5) is 4.43. The van der Waals surface area contributed by atoms with Crippen molar-refractivity contribution in [3.05, 3.63) is 77.9 Å². The average molecular weight is 429 g/mol. The molecule has 0 fully saturated rings. The Morgan fingerprint density at radius 3 is 2.52 bits per heavy atom. The van der Waals surface area contributed by atoms with E-state index in [1.54, 1.807) is 42.1 Å². The summed E-state index contributed by atoms with van der Waals surface area (Å²) < 4.78 is 7.00. The third kappa shape index (κ3) is 3.55. The summed E-state index contributed by atoms with van der Waals surface area (Å²) in [5.74, 6) is 1.07. The Balaban J connectivity index is 1.58. The number of ether oxygens (including phenoxy) is 1. The average Bonchev–Trinajstić information content (AvgIpc) is 3.13. The lowest BCUT2D eigenvalue weighted by atomic mass is 10.0. The first-order chi connectivity index (χ1) is 15.1. The SMILES string of the molecule is COc1ccc2cc(-c3ccnc4c(N=Nc5ccc(Cl)cc5)c(N)nn34)ccc2c1. The largest absolute Gasteiger partial charge is 0.497 e. The Kier molecular flexibility index (Phi) is 4.72. The molecular weight excluding hydrogens is 412 g/mol. The normalized spacial score (nSPS) is 11.5. The van der Waals surface area contributed by atoms with Gasteiger partial charge in [-0.15, -0.1) is 10.2 Å². The number of fused-ring (bicyclic) bond motifs is 2. The zero-order valence-corrected chi connectivity index (χ0v) is 17.3. The molecule has 0 amide bonds. The molecule has 152 valence electrons. The van der Waals surface area contributed by atoms with Gasteiger partial charge in [-0.2, -0.15) is 5.11 Å². The summed E-state index contributed by atoms with van der Waals surface area (Å²) in [5.41, 5.74) is 9.59. The van der Waals surface area contributed by atoms with E-state index in [0.29, 0.717) is 22.0 Å². The number of rotatable bonds is 4. The van der Waals surface area contributed by atoms with Crippen LogP contribution in [0, 0.1) is 0 Å². The number of anilines is 1. The maximum Gasteiger partial charge on any atom is 0.185 e. The molecule has 0 unspecified atom stereocenters. The van der Waals surface area contributed by atoms with E-state index < -0.39 is 0 Å². The van der Waals surface area contributed by atoms with Crippen LogP contribution in [0.4, 0.5) is 17.2 Å². The predicted octanol–water partition coefficient (Wildman–Crippen LogP) is 6.21. The Hall–Kier alpha value is -3.97. The molecule has 0 aliphatic heterocycles. The second kappa shape index (κ2) is 7.70. The fourth-order valence-corrected chi connectivity index (χ4v) is 3.52. The lowest BCUT2D eigenvalue weighted by molar-refractivity contribution is 0.415. The Morgan fingerprint density at radius 1 is 0.935 bits per heavy atom. The topological polar surface area (TPSA) is 90.2 Å². The predicted molar refractivity (Wildman–Crippen MR) is 123 cm³/mol. The molecule has 0 bridgehead atoms. The van der Waals surface area contributed by atoms with Crippen LogP contribution in [0.2, 0.25) is 5.02 Å².